The summed E-state index contributed by atoms with van der Waals surface area (Å²) in [6.07, 6.45) is 2.38. The maximum Gasteiger partial charge on any atom is 0.183 e. The van der Waals surface area contributed by atoms with E-state index in [-0.39, 0.29) is 22.6 Å². The van der Waals surface area contributed by atoms with Crippen molar-refractivity contribution in [1.82, 2.24) is 0 Å². The first-order valence-electron chi connectivity index (χ1n) is 10.1. The molecule has 1 aliphatic heterocycles. The van der Waals surface area contributed by atoms with E-state index >= 15 is 0 Å². The topological polar surface area (TPSA) is 27.7 Å². The molecular formula is C23H27F3O3. The number of ether oxygens (including phenoxy) is 3. The van der Waals surface area contributed by atoms with Gasteiger partial charge in [-0.15, -0.1) is 0 Å². The predicted octanol–water partition coefficient (Wildman–Crippen LogP) is 5.95. The molecule has 1 saturated heterocycles. The number of hydrogen-bond donors (Lipinski definition) is 0. The Bertz CT molecular complexity index is 794. The highest BCUT2D eigenvalue weighted by molar-refractivity contribution is 5.65. The number of rotatable bonds is 8. The lowest BCUT2D eigenvalue weighted by atomic mass is 10.0. The molecule has 0 spiro atoms. The smallest absolute Gasteiger partial charge is 0.183 e. The average Bonchev–Trinajstić information content (AvgIpc) is 2.72. The summed E-state index contributed by atoms with van der Waals surface area (Å²) in [5, 5.41) is 0. The summed E-state index contributed by atoms with van der Waals surface area (Å²) in [6.45, 7) is 5.94. The molecule has 1 heterocycles. The summed E-state index contributed by atoms with van der Waals surface area (Å²) in [4.78, 5) is 0. The third-order valence-electron chi connectivity index (χ3n) is 5.14. The van der Waals surface area contributed by atoms with Gasteiger partial charge in [0, 0.05) is 35.8 Å². The minimum atomic E-state index is -0.702. The first kappa shape index (κ1) is 21.8. The average molecular weight is 408 g/mol. The Morgan fingerprint density at radius 1 is 0.966 bits per heavy atom. The summed E-state index contributed by atoms with van der Waals surface area (Å²) in [5.41, 5.74) is 0.741. The highest BCUT2D eigenvalue weighted by atomic mass is 19.1. The molecular weight excluding hydrogens is 381 g/mol. The van der Waals surface area contributed by atoms with E-state index in [1.165, 1.54) is 19.1 Å². The molecule has 2 aromatic rings. The Hall–Kier alpha value is -1.89. The van der Waals surface area contributed by atoms with Crippen LogP contribution in [0.4, 0.5) is 13.2 Å². The van der Waals surface area contributed by atoms with Crippen molar-refractivity contribution in [2.24, 2.45) is 5.92 Å². The zero-order valence-electron chi connectivity index (χ0n) is 16.8. The minimum absolute atomic E-state index is 0.0832. The van der Waals surface area contributed by atoms with Gasteiger partial charge in [-0.1, -0.05) is 25.5 Å². The van der Waals surface area contributed by atoms with Crippen molar-refractivity contribution in [3.8, 4) is 11.1 Å². The molecule has 0 radical (unpaired) electrons. The number of hydrogen-bond acceptors (Lipinski definition) is 3. The van der Waals surface area contributed by atoms with E-state index in [1.807, 2.05) is 0 Å². The standard InChI is InChI=1S/C23H27F3O3/c1-3-4-8-27-9-7-16-13-28-23(29-14-16)17-5-6-19(22(26)10-17)18-11-20(24)15(2)21(25)12-18/h5-6,10-12,16,23H,3-4,7-9,13-14H2,1-2H3. The summed E-state index contributed by atoms with van der Waals surface area (Å²) in [5.74, 6) is -1.74. The largest absolute Gasteiger partial charge is 0.381 e. The second kappa shape index (κ2) is 10.2. The number of benzene rings is 2. The van der Waals surface area contributed by atoms with Crippen LogP contribution in [0.5, 0.6) is 0 Å². The maximum atomic E-state index is 14.6. The molecule has 0 bridgehead atoms. The van der Waals surface area contributed by atoms with Crippen LogP contribution in [0.3, 0.4) is 0 Å². The molecule has 3 rings (SSSR count). The molecule has 0 aromatic heterocycles. The summed E-state index contributed by atoms with van der Waals surface area (Å²) in [7, 11) is 0. The van der Waals surface area contributed by atoms with Gasteiger partial charge in [-0.3, -0.25) is 0 Å². The van der Waals surface area contributed by atoms with E-state index < -0.39 is 23.7 Å². The first-order valence-corrected chi connectivity index (χ1v) is 10.1. The van der Waals surface area contributed by atoms with Gasteiger partial charge in [-0.2, -0.15) is 0 Å². The molecule has 0 N–H and O–H groups in total. The third-order valence-corrected chi connectivity index (χ3v) is 5.14. The third kappa shape index (κ3) is 5.59. The number of halogens is 3. The number of unbranched alkanes of at least 4 members (excludes halogenated alkanes) is 1. The Morgan fingerprint density at radius 2 is 1.66 bits per heavy atom. The van der Waals surface area contributed by atoms with Crippen molar-refractivity contribution in [1.29, 1.82) is 0 Å². The van der Waals surface area contributed by atoms with Crippen LogP contribution >= 0.6 is 0 Å². The summed E-state index contributed by atoms with van der Waals surface area (Å²) in [6, 6.07) is 6.72. The summed E-state index contributed by atoms with van der Waals surface area (Å²) < 4.78 is 59.3. The van der Waals surface area contributed by atoms with Crippen LogP contribution < -0.4 is 0 Å². The lowest BCUT2D eigenvalue weighted by Crippen LogP contribution is -2.28. The van der Waals surface area contributed by atoms with Crippen LogP contribution in [0.1, 0.15) is 43.6 Å². The van der Waals surface area contributed by atoms with Crippen LogP contribution in [-0.2, 0) is 14.2 Å². The van der Waals surface area contributed by atoms with E-state index in [0.717, 1.165) is 38.0 Å². The highest BCUT2D eigenvalue weighted by Gasteiger charge is 2.24. The second-order valence-corrected chi connectivity index (χ2v) is 7.42. The molecule has 2 aromatic carbocycles. The maximum absolute atomic E-state index is 14.6. The van der Waals surface area contributed by atoms with Crippen molar-refractivity contribution in [2.75, 3.05) is 26.4 Å². The normalized spacial score (nSPS) is 19.5. The van der Waals surface area contributed by atoms with E-state index in [1.54, 1.807) is 6.07 Å². The van der Waals surface area contributed by atoms with E-state index in [0.29, 0.717) is 25.4 Å². The molecule has 0 amide bonds. The Balaban J connectivity index is 1.59. The lowest BCUT2D eigenvalue weighted by Gasteiger charge is -2.29. The van der Waals surface area contributed by atoms with E-state index in [9.17, 15) is 13.2 Å². The van der Waals surface area contributed by atoms with Crippen LogP contribution in [-0.4, -0.2) is 26.4 Å². The monoisotopic (exact) mass is 408 g/mol. The zero-order chi connectivity index (χ0) is 20.8. The Morgan fingerprint density at radius 3 is 2.28 bits per heavy atom. The van der Waals surface area contributed by atoms with Gasteiger partial charge in [-0.05, 0) is 43.5 Å². The minimum Gasteiger partial charge on any atom is -0.381 e. The van der Waals surface area contributed by atoms with Crippen molar-refractivity contribution in [3.05, 3.63) is 58.9 Å². The Kier molecular flexibility index (Phi) is 7.70. The molecule has 6 heteroatoms. The highest BCUT2D eigenvalue weighted by Crippen LogP contribution is 2.31. The Labute approximate surface area is 169 Å². The predicted molar refractivity (Wildman–Crippen MR) is 105 cm³/mol. The fourth-order valence-electron chi connectivity index (χ4n) is 3.21. The van der Waals surface area contributed by atoms with E-state index in [4.69, 9.17) is 14.2 Å². The van der Waals surface area contributed by atoms with Crippen LogP contribution in [0.2, 0.25) is 0 Å². The lowest BCUT2D eigenvalue weighted by molar-refractivity contribution is -0.207. The molecule has 1 fully saturated rings. The fourth-order valence-corrected chi connectivity index (χ4v) is 3.21. The van der Waals surface area contributed by atoms with Gasteiger partial charge < -0.3 is 14.2 Å². The van der Waals surface area contributed by atoms with Crippen LogP contribution in [0, 0.1) is 30.3 Å². The molecule has 3 nitrogen and oxygen atoms in total. The quantitative estimate of drug-likeness (QED) is 0.506. The molecule has 0 saturated carbocycles. The molecule has 0 atom stereocenters. The first-order chi connectivity index (χ1) is 14.0. The molecule has 29 heavy (non-hydrogen) atoms. The van der Waals surface area contributed by atoms with Gasteiger partial charge >= 0.3 is 0 Å². The molecule has 158 valence electrons. The van der Waals surface area contributed by atoms with Gasteiger partial charge in [0.15, 0.2) is 6.29 Å². The SMILES string of the molecule is CCCCOCCC1COC(c2ccc(-c3cc(F)c(C)c(F)c3)c(F)c2)OC1. The van der Waals surface area contributed by atoms with Gasteiger partial charge in [0.05, 0.1) is 13.2 Å². The molecule has 0 aliphatic carbocycles. The molecule has 0 unspecified atom stereocenters. The second-order valence-electron chi connectivity index (χ2n) is 7.42. The van der Waals surface area contributed by atoms with Crippen LogP contribution in [0.25, 0.3) is 11.1 Å². The van der Waals surface area contributed by atoms with Crippen LogP contribution in [0.15, 0.2) is 30.3 Å². The van der Waals surface area contributed by atoms with Crippen molar-refractivity contribution < 1.29 is 27.4 Å². The van der Waals surface area contributed by atoms with Crippen molar-refractivity contribution >= 4 is 0 Å². The van der Waals surface area contributed by atoms with Crippen molar-refractivity contribution in [2.45, 2.75) is 39.4 Å². The molecule has 1 aliphatic rings. The summed E-state index contributed by atoms with van der Waals surface area (Å²) >= 11 is 0. The zero-order valence-corrected chi connectivity index (χ0v) is 16.8. The van der Waals surface area contributed by atoms with Gasteiger partial charge in [0.1, 0.15) is 17.5 Å². The van der Waals surface area contributed by atoms with E-state index in [2.05, 4.69) is 6.92 Å². The van der Waals surface area contributed by atoms with Crippen molar-refractivity contribution in [3.63, 3.8) is 0 Å². The van der Waals surface area contributed by atoms with Gasteiger partial charge in [0.2, 0.25) is 0 Å². The van der Waals surface area contributed by atoms with Gasteiger partial charge in [0.25, 0.3) is 0 Å². The van der Waals surface area contributed by atoms with Gasteiger partial charge in [-0.25, -0.2) is 13.2 Å². The fraction of sp³-hybridized carbons (Fsp3) is 0.478.